The van der Waals surface area contributed by atoms with E-state index in [1.54, 1.807) is 29.9 Å². The first kappa shape index (κ1) is 14.1. The minimum Gasteiger partial charge on any atom is -0.488 e. The largest absolute Gasteiger partial charge is 0.488 e. The zero-order valence-corrected chi connectivity index (χ0v) is 12.8. The van der Waals surface area contributed by atoms with Crippen LogP contribution in [-0.4, -0.2) is 16.1 Å². The maximum absolute atomic E-state index is 10.7. The quantitative estimate of drug-likeness (QED) is 0.798. The number of aromatic nitrogens is 2. The third kappa shape index (κ3) is 2.98. The van der Waals surface area contributed by atoms with Crippen LogP contribution in [0.4, 0.5) is 0 Å². The Labute approximate surface area is 124 Å². The summed E-state index contributed by atoms with van der Waals surface area (Å²) in [5.41, 5.74) is 2.29. The van der Waals surface area contributed by atoms with Gasteiger partial charge >= 0.3 is 0 Å². The second-order valence-corrected chi connectivity index (χ2v) is 5.29. The van der Waals surface area contributed by atoms with E-state index in [-0.39, 0.29) is 0 Å². The van der Waals surface area contributed by atoms with Gasteiger partial charge in [-0.1, -0.05) is 11.6 Å². The van der Waals surface area contributed by atoms with Crippen molar-refractivity contribution in [2.45, 2.75) is 13.5 Å². The number of hydrogen-bond donors (Lipinski definition) is 0. The second-order valence-electron chi connectivity index (χ2n) is 4.07. The van der Waals surface area contributed by atoms with Crippen molar-refractivity contribution in [2.24, 2.45) is 7.05 Å². The fourth-order valence-corrected chi connectivity index (χ4v) is 2.44. The number of aryl methyl sites for hydroxylation is 2. The summed E-state index contributed by atoms with van der Waals surface area (Å²) in [6.07, 6.45) is 0.788. The van der Waals surface area contributed by atoms with Gasteiger partial charge < -0.3 is 4.74 Å². The summed E-state index contributed by atoms with van der Waals surface area (Å²) in [5.74, 6) is 0.657. The van der Waals surface area contributed by atoms with E-state index in [2.05, 4.69) is 21.0 Å². The van der Waals surface area contributed by atoms with E-state index in [4.69, 9.17) is 16.3 Å². The lowest BCUT2D eigenvalue weighted by Crippen LogP contribution is -1.98. The number of halogens is 2. The highest BCUT2D eigenvalue weighted by atomic mass is 79.9. The summed E-state index contributed by atoms with van der Waals surface area (Å²) in [6, 6.07) is 5.15. The Hall–Kier alpha value is -1.33. The molecule has 100 valence electrons. The molecule has 0 amide bonds. The second kappa shape index (κ2) is 5.75. The van der Waals surface area contributed by atoms with Gasteiger partial charge in [-0.3, -0.25) is 9.48 Å². The average molecular weight is 344 g/mol. The predicted molar refractivity (Wildman–Crippen MR) is 76.8 cm³/mol. The van der Waals surface area contributed by atoms with Gasteiger partial charge in [0.15, 0.2) is 0 Å². The van der Waals surface area contributed by atoms with Gasteiger partial charge in [-0.15, -0.1) is 0 Å². The molecule has 6 heteroatoms. The molecule has 4 nitrogen and oxygen atoms in total. The smallest absolute Gasteiger partial charge is 0.150 e. The Balaban J connectivity index is 2.16. The minimum atomic E-state index is 0.331. The molecule has 0 unspecified atom stereocenters. The van der Waals surface area contributed by atoms with Gasteiger partial charge in [-0.05, 0) is 41.1 Å². The summed E-state index contributed by atoms with van der Waals surface area (Å²) in [7, 11) is 1.79. The Bertz CT molecular complexity index is 625. The Kier molecular flexibility index (Phi) is 4.27. The van der Waals surface area contributed by atoms with Crippen molar-refractivity contribution in [3.63, 3.8) is 0 Å². The van der Waals surface area contributed by atoms with E-state index >= 15 is 0 Å². The summed E-state index contributed by atoms with van der Waals surface area (Å²) in [5, 5.41) is 4.79. The van der Waals surface area contributed by atoms with E-state index in [0.29, 0.717) is 23.1 Å². The minimum absolute atomic E-state index is 0.331. The topological polar surface area (TPSA) is 44.1 Å². The van der Waals surface area contributed by atoms with E-state index in [9.17, 15) is 4.79 Å². The van der Waals surface area contributed by atoms with Crippen LogP contribution < -0.4 is 4.74 Å². The van der Waals surface area contributed by atoms with Gasteiger partial charge in [0.05, 0.1) is 10.2 Å². The van der Waals surface area contributed by atoms with E-state index in [0.717, 1.165) is 22.0 Å². The van der Waals surface area contributed by atoms with Crippen molar-refractivity contribution < 1.29 is 9.53 Å². The number of carbonyl (C=O) groups is 1. The van der Waals surface area contributed by atoms with Crippen LogP contribution in [0.2, 0.25) is 5.15 Å². The third-order valence-electron chi connectivity index (χ3n) is 2.73. The SMILES string of the molecule is Cc1nn(C)c(Cl)c1COc1ccc(C=O)cc1Br. The van der Waals surface area contributed by atoms with E-state index < -0.39 is 0 Å². The summed E-state index contributed by atoms with van der Waals surface area (Å²) in [4.78, 5) is 10.7. The first-order chi connectivity index (χ1) is 9.02. The van der Waals surface area contributed by atoms with Crippen molar-refractivity contribution >= 4 is 33.8 Å². The molecule has 0 aliphatic rings. The fourth-order valence-electron chi connectivity index (χ4n) is 1.70. The van der Waals surface area contributed by atoms with Crippen LogP contribution in [0.15, 0.2) is 22.7 Å². The van der Waals surface area contributed by atoms with Crippen LogP contribution in [0.1, 0.15) is 21.6 Å². The highest BCUT2D eigenvalue weighted by Gasteiger charge is 2.12. The van der Waals surface area contributed by atoms with Crippen molar-refractivity contribution in [3.8, 4) is 5.75 Å². The van der Waals surface area contributed by atoms with Crippen LogP contribution in [0.25, 0.3) is 0 Å². The monoisotopic (exact) mass is 342 g/mol. The molecule has 2 rings (SSSR count). The third-order valence-corrected chi connectivity index (χ3v) is 3.83. The molecular weight excluding hydrogens is 332 g/mol. The number of rotatable bonds is 4. The molecule has 0 fully saturated rings. The van der Waals surface area contributed by atoms with Gasteiger partial charge in [-0.2, -0.15) is 5.10 Å². The molecule has 0 spiro atoms. The molecular formula is C13H12BrClN2O2. The number of ether oxygens (including phenoxy) is 1. The van der Waals surface area contributed by atoms with Gasteiger partial charge in [0.2, 0.25) is 0 Å². The molecule has 19 heavy (non-hydrogen) atoms. The highest BCUT2D eigenvalue weighted by molar-refractivity contribution is 9.10. The number of hydrogen-bond acceptors (Lipinski definition) is 3. The normalized spacial score (nSPS) is 10.5. The Morgan fingerprint density at radius 1 is 1.53 bits per heavy atom. The summed E-state index contributed by atoms with van der Waals surface area (Å²) < 4.78 is 8.04. The van der Waals surface area contributed by atoms with Gasteiger partial charge in [0.25, 0.3) is 0 Å². The van der Waals surface area contributed by atoms with Gasteiger partial charge in [-0.25, -0.2) is 0 Å². The lowest BCUT2D eigenvalue weighted by atomic mass is 10.2. The highest BCUT2D eigenvalue weighted by Crippen LogP contribution is 2.28. The number of benzene rings is 1. The lowest BCUT2D eigenvalue weighted by Gasteiger charge is -2.08. The van der Waals surface area contributed by atoms with Crippen LogP contribution in [0, 0.1) is 6.92 Å². The predicted octanol–water partition coefficient (Wildman–Crippen LogP) is 3.54. The van der Waals surface area contributed by atoms with Crippen LogP contribution in [0.3, 0.4) is 0 Å². The van der Waals surface area contributed by atoms with Crippen molar-refractivity contribution in [3.05, 3.63) is 44.6 Å². The van der Waals surface area contributed by atoms with Crippen LogP contribution in [0.5, 0.6) is 5.75 Å². The molecule has 0 radical (unpaired) electrons. The Morgan fingerprint density at radius 2 is 2.26 bits per heavy atom. The van der Waals surface area contributed by atoms with E-state index in [1.165, 1.54) is 0 Å². The molecule has 1 aromatic heterocycles. The van der Waals surface area contributed by atoms with Crippen molar-refractivity contribution in [1.29, 1.82) is 0 Å². The molecule has 1 heterocycles. The molecule has 0 aliphatic carbocycles. The average Bonchev–Trinajstić information content (AvgIpc) is 2.62. The first-order valence-electron chi connectivity index (χ1n) is 5.58. The van der Waals surface area contributed by atoms with Crippen molar-refractivity contribution in [1.82, 2.24) is 9.78 Å². The number of aldehydes is 1. The first-order valence-corrected chi connectivity index (χ1v) is 6.75. The standard InChI is InChI=1S/C13H12BrClN2O2/c1-8-10(13(15)17(2)16-8)7-19-12-4-3-9(6-18)5-11(12)14/h3-6H,7H2,1-2H3. The Morgan fingerprint density at radius 3 is 2.79 bits per heavy atom. The molecule has 0 saturated heterocycles. The van der Waals surface area contributed by atoms with Crippen LogP contribution in [-0.2, 0) is 13.7 Å². The van der Waals surface area contributed by atoms with Crippen molar-refractivity contribution in [2.75, 3.05) is 0 Å². The lowest BCUT2D eigenvalue weighted by molar-refractivity contribution is 0.112. The zero-order valence-electron chi connectivity index (χ0n) is 10.5. The zero-order chi connectivity index (χ0) is 14.0. The van der Waals surface area contributed by atoms with Gasteiger partial charge in [0.1, 0.15) is 23.8 Å². The molecule has 2 aromatic rings. The molecule has 0 N–H and O–H groups in total. The van der Waals surface area contributed by atoms with Gasteiger partial charge in [0, 0.05) is 18.2 Å². The maximum atomic E-state index is 10.7. The maximum Gasteiger partial charge on any atom is 0.150 e. The fraction of sp³-hybridized carbons (Fsp3) is 0.231. The van der Waals surface area contributed by atoms with E-state index in [1.807, 2.05) is 6.92 Å². The summed E-state index contributed by atoms with van der Waals surface area (Å²) >= 11 is 9.50. The molecule has 0 saturated carbocycles. The molecule has 0 bridgehead atoms. The molecule has 1 aromatic carbocycles. The summed E-state index contributed by atoms with van der Waals surface area (Å²) in [6.45, 7) is 2.21. The molecule has 0 aliphatic heterocycles. The number of nitrogens with zero attached hydrogens (tertiary/aromatic N) is 2. The number of carbonyl (C=O) groups excluding carboxylic acids is 1. The van der Waals surface area contributed by atoms with Crippen LogP contribution >= 0.6 is 27.5 Å². The molecule has 0 atom stereocenters.